The summed E-state index contributed by atoms with van der Waals surface area (Å²) in [6.07, 6.45) is -5.57. The summed E-state index contributed by atoms with van der Waals surface area (Å²) in [7, 11) is 1.35. The van der Waals surface area contributed by atoms with Gasteiger partial charge in [0.1, 0.15) is 11.6 Å². The van der Waals surface area contributed by atoms with Crippen LogP contribution in [0.15, 0.2) is 18.2 Å². The van der Waals surface area contributed by atoms with Crippen molar-refractivity contribution < 1.29 is 22.3 Å². The molecule has 0 aliphatic carbocycles. The van der Waals surface area contributed by atoms with Gasteiger partial charge in [0.25, 0.3) is 0 Å². The van der Waals surface area contributed by atoms with E-state index >= 15 is 0 Å². The summed E-state index contributed by atoms with van der Waals surface area (Å²) in [4.78, 5) is 0. The van der Waals surface area contributed by atoms with Gasteiger partial charge < -0.3 is 10.5 Å². The summed E-state index contributed by atoms with van der Waals surface area (Å²) in [6, 6.07) is 2.71. The van der Waals surface area contributed by atoms with E-state index in [0.29, 0.717) is 5.75 Å². The second-order valence-electron chi connectivity index (χ2n) is 3.65. The first kappa shape index (κ1) is 13.8. The monoisotopic (exact) mass is 251 g/mol. The molecule has 2 nitrogen and oxygen atoms in total. The second-order valence-corrected chi connectivity index (χ2v) is 3.65. The number of ether oxygens (including phenoxy) is 1. The van der Waals surface area contributed by atoms with E-state index in [2.05, 4.69) is 0 Å². The Bertz CT molecular complexity index is 378. The first-order valence-electron chi connectivity index (χ1n) is 4.99. The van der Waals surface area contributed by atoms with Crippen LogP contribution in [0.5, 0.6) is 5.75 Å². The summed E-state index contributed by atoms with van der Waals surface area (Å²) in [5, 5.41) is 0. The summed E-state index contributed by atoms with van der Waals surface area (Å²) in [5.41, 5.74) is 5.85. The van der Waals surface area contributed by atoms with Gasteiger partial charge in [-0.05, 0) is 24.6 Å². The van der Waals surface area contributed by atoms with Gasteiger partial charge in [0, 0.05) is 18.0 Å². The largest absolute Gasteiger partial charge is 0.496 e. The van der Waals surface area contributed by atoms with Crippen LogP contribution in [0.25, 0.3) is 0 Å². The Morgan fingerprint density at radius 3 is 2.53 bits per heavy atom. The van der Waals surface area contributed by atoms with Crippen LogP contribution in [0, 0.1) is 5.82 Å². The highest BCUT2D eigenvalue weighted by molar-refractivity contribution is 5.36. The van der Waals surface area contributed by atoms with E-state index in [1.807, 2.05) is 0 Å². The van der Waals surface area contributed by atoms with Crippen molar-refractivity contribution in [3.8, 4) is 5.75 Å². The van der Waals surface area contributed by atoms with Crippen molar-refractivity contribution in [3.05, 3.63) is 29.6 Å². The zero-order valence-corrected chi connectivity index (χ0v) is 9.22. The smallest absolute Gasteiger partial charge is 0.389 e. The lowest BCUT2D eigenvalue weighted by molar-refractivity contribution is -0.136. The lowest BCUT2D eigenvalue weighted by Gasteiger charge is -2.16. The van der Waals surface area contributed by atoms with E-state index in [1.165, 1.54) is 19.2 Å². The molecule has 96 valence electrons. The first-order valence-corrected chi connectivity index (χ1v) is 4.99. The van der Waals surface area contributed by atoms with Crippen molar-refractivity contribution >= 4 is 0 Å². The fourth-order valence-corrected chi connectivity index (χ4v) is 1.47. The molecule has 1 aromatic carbocycles. The Labute approximate surface area is 96.4 Å². The zero-order valence-electron chi connectivity index (χ0n) is 9.22. The van der Waals surface area contributed by atoms with Crippen molar-refractivity contribution in [2.45, 2.75) is 25.1 Å². The SMILES string of the molecule is COc1ccc(F)cc1[C@@H](N)CCC(F)(F)F. The molecule has 0 bridgehead atoms. The number of benzene rings is 1. The molecule has 0 saturated heterocycles. The average molecular weight is 251 g/mol. The molecule has 1 atom stereocenters. The number of halogens is 4. The lowest BCUT2D eigenvalue weighted by atomic mass is 10.0. The van der Waals surface area contributed by atoms with Gasteiger partial charge in [0.15, 0.2) is 0 Å². The maximum absolute atomic E-state index is 13.0. The van der Waals surface area contributed by atoms with Crippen LogP contribution in [0.3, 0.4) is 0 Å². The minimum absolute atomic E-state index is 0.247. The predicted octanol–water partition coefficient (Wildman–Crippen LogP) is 3.18. The van der Waals surface area contributed by atoms with Crippen LogP contribution < -0.4 is 10.5 Å². The van der Waals surface area contributed by atoms with Gasteiger partial charge in [-0.3, -0.25) is 0 Å². The van der Waals surface area contributed by atoms with E-state index in [1.54, 1.807) is 0 Å². The fourth-order valence-electron chi connectivity index (χ4n) is 1.47. The molecular weight excluding hydrogens is 238 g/mol. The van der Waals surface area contributed by atoms with E-state index in [9.17, 15) is 17.6 Å². The highest BCUT2D eigenvalue weighted by Gasteiger charge is 2.28. The second kappa shape index (κ2) is 5.35. The van der Waals surface area contributed by atoms with Crippen molar-refractivity contribution in [3.63, 3.8) is 0 Å². The number of hydrogen-bond donors (Lipinski definition) is 1. The van der Waals surface area contributed by atoms with Crippen LogP contribution >= 0.6 is 0 Å². The van der Waals surface area contributed by atoms with Crippen molar-refractivity contribution in [1.82, 2.24) is 0 Å². The standard InChI is InChI=1S/C11H13F4NO/c1-17-10-3-2-7(12)6-8(10)9(16)4-5-11(13,14)15/h2-3,6,9H,4-5,16H2,1H3/t9-/m0/s1. The normalized spacial score (nSPS) is 13.5. The Kier molecular flexibility index (Phi) is 4.34. The zero-order chi connectivity index (χ0) is 13.1. The molecule has 0 aliphatic heterocycles. The van der Waals surface area contributed by atoms with E-state index in [0.717, 1.165) is 6.07 Å². The van der Waals surface area contributed by atoms with E-state index in [-0.39, 0.29) is 12.0 Å². The summed E-state index contributed by atoms with van der Waals surface area (Å²) >= 11 is 0. The molecule has 17 heavy (non-hydrogen) atoms. The maximum Gasteiger partial charge on any atom is 0.389 e. The molecule has 1 rings (SSSR count). The number of hydrogen-bond acceptors (Lipinski definition) is 2. The van der Waals surface area contributed by atoms with E-state index in [4.69, 9.17) is 10.5 Å². The van der Waals surface area contributed by atoms with E-state index < -0.39 is 24.5 Å². The molecular formula is C11H13F4NO. The lowest BCUT2D eigenvalue weighted by Crippen LogP contribution is -2.16. The maximum atomic E-state index is 13.0. The molecule has 0 spiro atoms. The molecule has 0 unspecified atom stereocenters. The first-order chi connectivity index (χ1) is 7.83. The van der Waals surface area contributed by atoms with Crippen LogP contribution in [0.2, 0.25) is 0 Å². The Balaban J connectivity index is 2.80. The van der Waals surface area contributed by atoms with Gasteiger partial charge >= 0.3 is 6.18 Å². The Morgan fingerprint density at radius 2 is 2.00 bits per heavy atom. The fraction of sp³-hybridized carbons (Fsp3) is 0.455. The van der Waals surface area contributed by atoms with Crippen LogP contribution in [0.4, 0.5) is 17.6 Å². The van der Waals surface area contributed by atoms with Crippen molar-refractivity contribution in [2.24, 2.45) is 5.73 Å². The molecule has 6 heteroatoms. The molecule has 0 radical (unpaired) electrons. The van der Waals surface area contributed by atoms with Gasteiger partial charge in [-0.1, -0.05) is 0 Å². The summed E-state index contributed by atoms with van der Waals surface area (Å²) in [6.45, 7) is 0. The molecule has 0 saturated carbocycles. The molecule has 0 heterocycles. The van der Waals surface area contributed by atoms with Gasteiger partial charge in [-0.2, -0.15) is 13.2 Å². The number of alkyl halides is 3. The molecule has 0 aromatic heterocycles. The number of methoxy groups -OCH3 is 1. The Morgan fingerprint density at radius 1 is 1.35 bits per heavy atom. The van der Waals surface area contributed by atoms with Gasteiger partial charge in [-0.15, -0.1) is 0 Å². The third-order valence-electron chi connectivity index (χ3n) is 2.33. The molecule has 2 N–H and O–H groups in total. The van der Waals surface area contributed by atoms with Gasteiger partial charge in [-0.25, -0.2) is 4.39 Å². The topological polar surface area (TPSA) is 35.2 Å². The predicted molar refractivity (Wildman–Crippen MR) is 55.2 cm³/mol. The summed E-state index contributed by atoms with van der Waals surface area (Å²) < 4.78 is 54.0. The highest BCUT2D eigenvalue weighted by Crippen LogP contribution is 2.30. The average Bonchev–Trinajstić information content (AvgIpc) is 2.25. The highest BCUT2D eigenvalue weighted by atomic mass is 19.4. The summed E-state index contributed by atoms with van der Waals surface area (Å²) in [5.74, 6) is -0.260. The minimum Gasteiger partial charge on any atom is -0.496 e. The molecule has 0 fully saturated rings. The molecule has 0 amide bonds. The van der Waals surface area contributed by atoms with Crippen molar-refractivity contribution in [2.75, 3.05) is 7.11 Å². The third kappa shape index (κ3) is 4.22. The third-order valence-corrected chi connectivity index (χ3v) is 2.33. The van der Waals surface area contributed by atoms with Crippen molar-refractivity contribution in [1.29, 1.82) is 0 Å². The van der Waals surface area contributed by atoms with Gasteiger partial charge in [0.2, 0.25) is 0 Å². The van der Waals surface area contributed by atoms with Crippen LogP contribution in [0.1, 0.15) is 24.4 Å². The van der Waals surface area contributed by atoms with Crippen LogP contribution in [-0.2, 0) is 0 Å². The quantitative estimate of drug-likeness (QED) is 0.834. The number of rotatable bonds is 4. The molecule has 0 aliphatic rings. The van der Waals surface area contributed by atoms with Crippen LogP contribution in [-0.4, -0.2) is 13.3 Å². The van der Waals surface area contributed by atoms with Gasteiger partial charge in [0.05, 0.1) is 7.11 Å². The Hall–Kier alpha value is -1.30. The number of nitrogens with two attached hydrogens (primary N) is 1. The molecule has 1 aromatic rings. The minimum atomic E-state index is -4.27.